The normalized spacial score (nSPS) is 30.6. The van der Waals surface area contributed by atoms with Gasteiger partial charge in [-0.15, -0.1) is 0 Å². The van der Waals surface area contributed by atoms with Gasteiger partial charge in [0.15, 0.2) is 5.78 Å². The molecule has 0 amide bonds. The molecule has 0 bridgehead atoms. The Morgan fingerprint density at radius 2 is 2.33 bits per heavy atom. The molecule has 5 heteroatoms. The SMILES string of the molecule is CCOC(=O)C1OC(C)(COC)CC1=O. The second-order valence-corrected chi connectivity index (χ2v) is 3.78. The summed E-state index contributed by atoms with van der Waals surface area (Å²) in [6, 6.07) is 0. The molecule has 1 aliphatic rings. The van der Waals surface area contributed by atoms with Gasteiger partial charge in [-0.1, -0.05) is 0 Å². The van der Waals surface area contributed by atoms with E-state index in [-0.39, 0.29) is 25.4 Å². The third-order valence-corrected chi connectivity index (χ3v) is 2.19. The first-order valence-corrected chi connectivity index (χ1v) is 4.88. The molecule has 1 heterocycles. The molecule has 1 fully saturated rings. The van der Waals surface area contributed by atoms with Crippen LogP contribution in [-0.2, 0) is 23.8 Å². The average Bonchev–Trinajstić information content (AvgIpc) is 2.43. The number of ether oxygens (including phenoxy) is 3. The monoisotopic (exact) mass is 216 g/mol. The lowest BCUT2D eigenvalue weighted by Crippen LogP contribution is -2.34. The highest BCUT2D eigenvalue weighted by molar-refractivity contribution is 6.03. The van der Waals surface area contributed by atoms with Crippen molar-refractivity contribution >= 4 is 11.8 Å². The molecular formula is C10H16O5. The van der Waals surface area contributed by atoms with E-state index in [9.17, 15) is 9.59 Å². The van der Waals surface area contributed by atoms with Crippen LogP contribution in [-0.4, -0.2) is 43.8 Å². The van der Waals surface area contributed by atoms with Gasteiger partial charge in [-0.3, -0.25) is 4.79 Å². The summed E-state index contributed by atoms with van der Waals surface area (Å²) in [5.74, 6) is -0.852. The van der Waals surface area contributed by atoms with Crippen LogP contribution >= 0.6 is 0 Å². The van der Waals surface area contributed by atoms with Crippen molar-refractivity contribution in [3.8, 4) is 0 Å². The first-order valence-electron chi connectivity index (χ1n) is 4.88. The number of hydrogen-bond acceptors (Lipinski definition) is 5. The molecule has 0 aromatic rings. The second-order valence-electron chi connectivity index (χ2n) is 3.78. The molecule has 86 valence electrons. The maximum Gasteiger partial charge on any atom is 0.343 e. The molecule has 0 aromatic heterocycles. The van der Waals surface area contributed by atoms with Crippen LogP contribution in [0.25, 0.3) is 0 Å². The van der Waals surface area contributed by atoms with E-state index in [1.54, 1.807) is 13.8 Å². The second kappa shape index (κ2) is 4.72. The predicted molar refractivity (Wildman–Crippen MR) is 51.4 cm³/mol. The third-order valence-electron chi connectivity index (χ3n) is 2.19. The summed E-state index contributed by atoms with van der Waals surface area (Å²) in [5.41, 5.74) is -0.705. The van der Waals surface area contributed by atoms with Crippen molar-refractivity contribution in [1.82, 2.24) is 0 Å². The maximum absolute atomic E-state index is 11.5. The van der Waals surface area contributed by atoms with Gasteiger partial charge in [-0.25, -0.2) is 4.79 Å². The maximum atomic E-state index is 11.5. The molecule has 0 aromatic carbocycles. The summed E-state index contributed by atoms with van der Waals surface area (Å²) in [4.78, 5) is 22.8. The lowest BCUT2D eigenvalue weighted by atomic mass is 10.0. The van der Waals surface area contributed by atoms with E-state index in [0.717, 1.165) is 0 Å². The van der Waals surface area contributed by atoms with Gasteiger partial charge in [0.1, 0.15) is 0 Å². The Hall–Kier alpha value is -0.940. The molecule has 0 spiro atoms. The van der Waals surface area contributed by atoms with Crippen molar-refractivity contribution in [2.75, 3.05) is 20.3 Å². The molecule has 0 saturated carbocycles. The Morgan fingerprint density at radius 1 is 1.67 bits per heavy atom. The van der Waals surface area contributed by atoms with Crippen molar-refractivity contribution in [1.29, 1.82) is 0 Å². The van der Waals surface area contributed by atoms with Gasteiger partial charge in [0.05, 0.1) is 18.8 Å². The molecule has 1 rings (SSSR count). The highest BCUT2D eigenvalue weighted by Crippen LogP contribution is 2.28. The van der Waals surface area contributed by atoms with Crippen molar-refractivity contribution in [2.45, 2.75) is 32.0 Å². The first kappa shape index (κ1) is 12.1. The average molecular weight is 216 g/mol. The standard InChI is InChI=1S/C10H16O5/c1-4-14-9(12)8-7(11)5-10(2,15-8)6-13-3/h8H,4-6H2,1-3H3. The van der Waals surface area contributed by atoms with Crippen LogP contribution in [0.15, 0.2) is 0 Å². The van der Waals surface area contributed by atoms with Gasteiger partial charge in [0.2, 0.25) is 6.10 Å². The minimum Gasteiger partial charge on any atom is -0.464 e. The molecule has 0 N–H and O–H groups in total. The molecule has 2 unspecified atom stereocenters. The third kappa shape index (κ3) is 2.76. The number of carbonyl (C=O) groups excluding carboxylic acids is 2. The van der Waals surface area contributed by atoms with Crippen LogP contribution in [0.5, 0.6) is 0 Å². The number of hydrogen-bond donors (Lipinski definition) is 0. The minimum atomic E-state index is -1.08. The van der Waals surface area contributed by atoms with Crippen LogP contribution in [0.2, 0.25) is 0 Å². The summed E-state index contributed by atoms with van der Waals surface area (Å²) in [6.07, 6.45) is -0.894. The van der Waals surface area contributed by atoms with Gasteiger partial charge in [-0.2, -0.15) is 0 Å². The van der Waals surface area contributed by atoms with Crippen LogP contribution in [0.4, 0.5) is 0 Å². The fourth-order valence-electron chi connectivity index (χ4n) is 1.64. The molecular weight excluding hydrogens is 200 g/mol. The first-order chi connectivity index (χ1) is 7.02. The Bertz CT molecular complexity index is 263. The zero-order valence-corrected chi connectivity index (χ0v) is 9.24. The van der Waals surface area contributed by atoms with Crippen LogP contribution in [0.1, 0.15) is 20.3 Å². The van der Waals surface area contributed by atoms with E-state index in [4.69, 9.17) is 14.2 Å². The van der Waals surface area contributed by atoms with E-state index in [1.165, 1.54) is 7.11 Å². The topological polar surface area (TPSA) is 61.8 Å². The number of carbonyl (C=O) groups is 2. The van der Waals surface area contributed by atoms with E-state index in [0.29, 0.717) is 0 Å². The van der Waals surface area contributed by atoms with Crippen LogP contribution in [0.3, 0.4) is 0 Å². The quantitative estimate of drug-likeness (QED) is 0.500. The molecule has 15 heavy (non-hydrogen) atoms. The van der Waals surface area contributed by atoms with E-state index in [1.807, 2.05) is 0 Å². The molecule has 0 radical (unpaired) electrons. The molecule has 0 aliphatic carbocycles. The van der Waals surface area contributed by atoms with Gasteiger partial charge < -0.3 is 14.2 Å². The lowest BCUT2D eigenvalue weighted by Gasteiger charge is -2.21. The number of Topliss-reactive ketones (excluding diaryl/α,β-unsaturated/α-hetero) is 1. The van der Waals surface area contributed by atoms with Crippen molar-refractivity contribution in [3.63, 3.8) is 0 Å². The Kier molecular flexibility index (Phi) is 3.82. The number of rotatable bonds is 4. The summed E-state index contributed by atoms with van der Waals surface area (Å²) >= 11 is 0. The predicted octanol–water partition coefficient (Wildman–Crippen LogP) is 0.313. The van der Waals surface area contributed by atoms with Crippen molar-refractivity contribution in [3.05, 3.63) is 0 Å². The number of methoxy groups -OCH3 is 1. The molecule has 2 atom stereocenters. The zero-order chi connectivity index (χ0) is 11.5. The summed E-state index contributed by atoms with van der Waals surface area (Å²) in [7, 11) is 1.52. The van der Waals surface area contributed by atoms with E-state index < -0.39 is 17.7 Å². The Labute approximate surface area is 88.7 Å². The van der Waals surface area contributed by atoms with Crippen LogP contribution in [0, 0.1) is 0 Å². The van der Waals surface area contributed by atoms with Gasteiger partial charge in [-0.05, 0) is 13.8 Å². The van der Waals surface area contributed by atoms with E-state index in [2.05, 4.69) is 0 Å². The number of ketones is 1. The number of esters is 1. The van der Waals surface area contributed by atoms with Crippen molar-refractivity contribution in [2.24, 2.45) is 0 Å². The largest absolute Gasteiger partial charge is 0.464 e. The van der Waals surface area contributed by atoms with Gasteiger partial charge in [0, 0.05) is 13.5 Å². The summed E-state index contributed by atoms with van der Waals surface area (Å²) in [5, 5.41) is 0. The molecule has 1 aliphatic heterocycles. The van der Waals surface area contributed by atoms with E-state index >= 15 is 0 Å². The highest BCUT2D eigenvalue weighted by Gasteiger charge is 2.46. The fourth-order valence-corrected chi connectivity index (χ4v) is 1.64. The Morgan fingerprint density at radius 3 is 2.87 bits per heavy atom. The molecule has 5 nitrogen and oxygen atoms in total. The summed E-state index contributed by atoms with van der Waals surface area (Å²) in [6.45, 7) is 3.96. The molecule has 1 saturated heterocycles. The zero-order valence-electron chi connectivity index (χ0n) is 9.24. The highest BCUT2D eigenvalue weighted by atomic mass is 16.6. The lowest BCUT2D eigenvalue weighted by molar-refractivity contribution is -0.164. The van der Waals surface area contributed by atoms with Crippen LogP contribution < -0.4 is 0 Å². The smallest absolute Gasteiger partial charge is 0.343 e. The fraction of sp³-hybridized carbons (Fsp3) is 0.800. The van der Waals surface area contributed by atoms with Gasteiger partial charge >= 0.3 is 5.97 Å². The summed E-state index contributed by atoms with van der Waals surface area (Å²) < 4.78 is 15.0. The van der Waals surface area contributed by atoms with Crippen molar-refractivity contribution < 1.29 is 23.8 Å². The van der Waals surface area contributed by atoms with Gasteiger partial charge in [0.25, 0.3) is 0 Å². The minimum absolute atomic E-state index is 0.185. The Balaban J connectivity index is 2.63.